The first-order chi connectivity index (χ1) is 7.83. The normalized spacial score (nSPS) is 9.75. The van der Waals surface area contributed by atoms with Crippen LogP contribution < -0.4 is 4.74 Å². The molecule has 0 heterocycles. The molecule has 1 rings (SSSR count). The van der Waals surface area contributed by atoms with Gasteiger partial charge in [-0.05, 0) is 36.4 Å². The molecule has 0 fully saturated rings. The van der Waals surface area contributed by atoms with Crippen LogP contribution in [-0.4, -0.2) is 18.1 Å². The van der Waals surface area contributed by atoms with Crippen LogP contribution in [0.5, 0.6) is 5.75 Å². The van der Waals surface area contributed by atoms with Crippen LogP contribution in [0.1, 0.15) is 12.8 Å². The van der Waals surface area contributed by atoms with Gasteiger partial charge in [0.25, 0.3) is 0 Å². The Kier molecular flexibility index (Phi) is 6.87. The van der Waals surface area contributed by atoms with E-state index in [1.807, 2.05) is 24.3 Å². The van der Waals surface area contributed by atoms with Crippen LogP contribution in [0.15, 0.2) is 24.3 Å². The maximum Gasteiger partial charge on any atom is 0.119 e. The number of rotatable bonds is 7. The Morgan fingerprint density at radius 3 is 2.69 bits per heavy atom. The number of nitrogens with zero attached hydrogens (tertiary/aromatic N) is 1. The smallest absolute Gasteiger partial charge is 0.119 e. The van der Waals surface area contributed by atoms with Crippen molar-refractivity contribution in [2.45, 2.75) is 12.8 Å². The molecular weight excluding hydrogens is 242 g/mol. The van der Waals surface area contributed by atoms with Gasteiger partial charge >= 0.3 is 0 Å². The van der Waals surface area contributed by atoms with Crippen molar-refractivity contribution in [2.24, 2.45) is 0 Å². The van der Waals surface area contributed by atoms with Crippen molar-refractivity contribution in [3.63, 3.8) is 0 Å². The fourth-order valence-electron chi connectivity index (χ4n) is 1.10. The summed E-state index contributed by atoms with van der Waals surface area (Å²) >= 11 is 7.55. The molecule has 4 heteroatoms. The summed E-state index contributed by atoms with van der Waals surface area (Å²) in [6, 6.07) is 9.49. The number of ether oxygens (including phenoxy) is 1. The summed E-state index contributed by atoms with van der Waals surface area (Å²) in [6.07, 6.45) is 1.63. The fourth-order valence-corrected chi connectivity index (χ4v) is 1.99. The Hall–Kier alpha value is -0.850. The van der Waals surface area contributed by atoms with Gasteiger partial charge in [0.15, 0.2) is 0 Å². The molecule has 0 spiro atoms. The third kappa shape index (κ3) is 5.89. The van der Waals surface area contributed by atoms with Gasteiger partial charge in [0.1, 0.15) is 5.75 Å². The predicted octanol–water partition coefficient (Wildman–Crippen LogP) is 3.76. The maximum absolute atomic E-state index is 8.34. The molecule has 86 valence electrons. The monoisotopic (exact) mass is 255 g/mol. The zero-order chi connectivity index (χ0) is 11.6. The van der Waals surface area contributed by atoms with E-state index in [1.54, 1.807) is 11.8 Å². The lowest BCUT2D eigenvalue weighted by Crippen LogP contribution is -1.98. The van der Waals surface area contributed by atoms with Crippen LogP contribution in [0.4, 0.5) is 0 Å². The molecule has 1 aromatic carbocycles. The maximum atomic E-state index is 8.34. The van der Waals surface area contributed by atoms with E-state index >= 15 is 0 Å². The number of thioether (sulfide) groups is 1. The second-order valence-corrected chi connectivity index (χ2v) is 4.84. The average molecular weight is 256 g/mol. The van der Waals surface area contributed by atoms with E-state index in [0.29, 0.717) is 13.0 Å². The van der Waals surface area contributed by atoms with Gasteiger partial charge in [0, 0.05) is 17.2 Å². The molecule has 0 aliphatic carbocycles. The summed E-state index contributed by atoms with van der Waals surface area (Å²) in [4.78, 5) is 0. The molecule has 0 radical (unpaired) electrons. The van der Waals surface area contributed by atoms with Crippen LogP contribution in [-0.2, 0) is 0 Å². The Morgan fingerprint density at radius 2 is 2.00 bits per heavy atom. The van der Waals surface area contributed by atoms with Gasteiger partial charge in [-0.3, -0.25) is 0 Å². The molecular formula is C12H14ClNOS. The van der Waals surface area contributed by atoms with E-state index in [1.165, 1.54) is 0 Å². The lowest BCUT2D eigenvalue weighted by Gasteiger charge is -2.05. The van der Waals surface area contributed by atoms with Crippen molar-refractivity contribution in [3.8, 4) is 11.8 Å². The highest BCUT2D eigenvalue weighted by molar-refractivity contribution is 7.99. The SMILES string of the molecule is N#CCCSCCCOc1ccc(Cl)cc1. The summed E-state index contributed by atoms with van der Waals surface area (Å²) in [5.74, 6) is 2.80. The van der Waals surface area contributed by atoms with E-state index < -0.39 is 0 Å². The molecule has 0 saturated heterocycles. The van der Waals surface area contributed by atoms with Gasteiger partial charge in [0.05, 0.1) is 12.7 Å². The van der Waals surface area contributed by atoms with Gasteiger partial charge in [-0.2, -0.15) is 17.0 Å². The summed E-state index contributed by atoms with van der Waals surface area (Å²) in [7, 11) is 0. The van der Waals surface area contributed by atoms with Crippen molar-refractivity contribution in [2.75, 3.05) is 18.1 Å². The highest BCUT2D eigenvalue weighted by Gasteiger charge is 1.94. The van der Waals surface area contributed by atoms with E-state index in [2.05, 4.69) is 6.07 Å². The Balaban J connectivity index is 2.03. The summed E-state index contributed by atoms with van der Waals surface area (Å²) < 4.78 is 5.53. The molecule has 0 N–H and O–H groups in total. The Morgan fingerprint density at radius 1 is 1.25 bits per heavy atom. The first-order valence-corrected chi connectivity index (χ1v) is 6.69. The second-order valence-electron chi connectivity index (χ2n) is 3.18. The first kappa shape index (κ1) is 13.2. The molecule has 2 nitrogen and oxygen atoms in total. The number of benzene rings is 1. The van der Waals surface area contributed by atoms with Gasteiger partial charge in [-0.1, -0.05) is 11.6 Å². The molecule has 0 amide bonds. The minimum atomic E-state index is 0.628. The fraction of sp³-hybridized carbons (Fsp3) is 0.417. The third-order valence-corrected chi connectivity index (χ3v) is 3.20. The molecule has 16 heavy (non-hydrogen) atoms. The Labute approximate surface area is 106 Å². The largest absolute Gasteiger partial charge is 0.494 e. The highest BCUT2D eigenvalue weighted by atomic mass is 35.5. The van der Waals surface area contributed by atoms with Crippen molar-refractivity contribution in [1.29, 1.82) is 5.26 Å². The predicted molar refractivity (Wildman–Crippen MR) is 69.1 cm³/mol. The number of halogens is 1. The standard InChI is InChI=1S/C12H14ClNOS/c13-11-3-5-12(6-4-11)15-8-2-10-16-9-1-7-14/h3-6H,1-2,8-10H2. The van der Waals surface area contributed by atoms with E-state index in [-0.39, 0.29) is 0 Å². The van der Waals surface area contributed by atoms with Gasteiger partial charge in [0.2, 0.25) is 0 Å². The summed E-state index contributed by atoms with van der Waals surface area (Å²) in [6.45, 7) is 0.710. The Bertz CT molecular complexity index is 334. The molecule has 0 bridgehead atoms. The molecule has 0 unspecified atom stereocenters. The van der Waals surface area contributed by atoms with Crippen LogP contribution in [0.2, 0.25) is 5.02 Å². The summed E-state index contributed by atoms with van der Waals surface area (Å²) in [5.41, 5.74) is 0. The lowest BCUT2D eigenvalue weighted by molar-refractivity contribution is 0.319. The van der Waals surface area contributed by atoms with E-state index in [4.69, 9.17) is 21.6 Å². The third-order valence-electron chi connectivity index (χ3n) is 1.87. The van der Waals surface area contributed by atoms with Crippen LogP contribution in [0.3, 0.4) is 0 Å². The quantitative estimate of drug-likeness (QED) is 0.696. The highest BCUT2D eigenvalue weighted by Crippen LogP contribution is 2.15. The molecule has 0 aliphatic rings. The van der Waals surface area contributed by atoms with Gasteiger partial charge < -0.3 is 4.74 Å². The summed E-state index contributed by atoms with van der Waals surface area (Å²) in [5, 5.41) is 9.06. The number of hydrogen-bond donors (Lipinski definition) is 0. The van der Waals surface area contributed by atoms with Crippen molar-refractivity contribution >= 4 is 23.4 Å². The molecule has 1 aromatic rings. The van der Waals surface area contributed by atoms with Crippen LogP contribution >= 0.6 is 23.4 Å². The van der Waals surface area contributed by atoms with Crippen LogP contribution in [0, 0.1) is 11.3 Å². The number of nitriles is 1. The van der Waals surface area contributed by atoms with E-state index in [9.17, 15) is 0 Å². The first-order valence-electron chi connectivity index (χ1n) is 5.16. The molecule has 0 saturated carbocycles. The van der Waals surface area contributed by atoms with Gasteiger partial charge in [-0.25, -0.2) is 0 Å². The molecule has 0 aliphatic heterocycles. The minimum absolute atomic E-state index is 0.628. The average Bonchev–Trinajstić information content (AvgIpc) is 2.30. The van der Waals surface area contributed by atoms with Crippen LogP contribution in [0.25, 0.3) is 0 Å². The van der Waals surface area contributed by atoms with Crippen molar-refractivity contribution < 1.29 is 4.74 Å². The molecule has 0 aromatic heterocycles. The van der Waals surface area contributed by atoms with Crippen molar-refractivity contribution in [3.05, 3.63) is 29.3 Å². The minimum Gasteiger partial charge on any atom is -0.494 e. The zero-order valence-corrected chi connectivity index (χ0v) is 10.6. The topological polar surface area (TPSA) is 33.0 Å². The van der Waals surface area contributed by atoms with Crippen molar-refractivity contribution in [1.82, 2.24) is 0 Å². The zero-order valence-electron chi connectivity index (χ0n) is 8.99. The second kappa shape index (κ2) is 8.32. The number of hydrogen-bond acceptors (Lipinski definition) is 3. The van der Waals surface area contributed by atoms with Gasteiger partial charge in [-0.15, -0.1) is 0 Å². The van der Waals surface area contributed by atoms with E-state index in [0.717, 1.165) is 28.7 Å². The molecule has 0 atom stereocenters. The lowest BCUT2D eigenvalue weighted by atomic mass is 10.3.